The zero-order valence-electron chi connectivity index (χ0n) is 11.5. The van der Waals surface area contributed by atoms with Crippen LogP contribution in [0.2, 0.25) is 0 Å². The van der Waals surface area contributed by atoms with E-state index in [0.29, 0.717) is 5.54 Å². The Morgan fingerprint density at radius 3 is 2.78 bits per heavy atom. The molecule has 0 aliphatic carbocycles. The molecule has 1 fully saturated rings. The maximum absolute atomic E-state index is 3.82. The summed E-state index contributed by atoms with van der Waals surface area (Å²) in [5.74, 6) is 0.753. The Bertz CT molecular complexity index is 380. The molecule has 100 valence electrons. The molecule has 0 aromatic heterocycles. The molecule has 0 spiro atoms. The van der Waals surface area contributed by atoms with E-state index in [-0.39, 0.29) is 0 Å². The van der Waals surface area contributed by atoms with Gasteiger partial charge < -0.3 is 5.32 Å². The first kappa shape index (κ1) is 14.1. The lowest BCUT2D eigenvalue weighted by atomic mass is 9.77. The number of nitrogens with one attached hydrogen (secondary N) is 1. The molecule has 0 radical (unpaired) electrons. The largest absolute Gasteiger partial charge is 0.311 e. The van der Waals surface area contributed by atoms with Gasteiger partial charge in [-0.1, -0.05) is 48.3 Å². The smallest absolute Gasteiger partial charge is 0.0224 e. The first-order valence-corrected chi connectivity index (χ1v) is 7.88. The van der Waals surface area contributed by atoms with Gasteiger partial charge in [0, 0.05) is 10.0 Å². The predicted molar refractivity (Wildman–Crippen MR) is 81.9 cm³/mol. The summed E-state index contributed by atoms with van der Waals surface area (Å²) in [4.78, 5) is 0. The quantitative estimate of drug-likeness (QED) is 0.860. The van der Waals surface area contributed by atoms with E-state index >= 15 is 0 Å². The van der Waals surface area contributed by atoms with Crippen LogP contribution in [0.3, 0.4) is 0 Å². The molecule has 1 heterocycles. The van der Waals surface area contributed by atoms with E-state index in [4.69, 9.17) is 0 Å². The van der Waals surface area contributed by atoms with Crippen LogP contribution in [-0.2, 0) is 6.42 Å². The molecule has 0 amide bonds. The molecule has 0 saturated carbocycles. The van der Waals surface area contributed by atoms with Crippen LogP contribution in [-0.4, -0.2) is 12.1 Å². The molecule has 1 aliphatic heterocycles. The van der Waals surface area contributed by atoms with Gasteiger partial charge in [0.25, 0.3) is 0 Å². The van der Waals surface area contributed by atoms with Crippen molar-refractivity contribution in [2.75, 3.05) is 6.54 Å². The third-order valence-electron chi connectivity index (χ3n) is 3.81. The van der Waals surface area contributed by atoms with E-state index in [2.05, 4.69) is 59.4 Å². The predicted octanol–water partition coefficient (Wildman–Crippen LogP) is 4.55. The molecule has 2 rings (SSSR count). The van der Waals surface area contributed by atoms with E-state index in [9.17, 15) is 0 Å². The third-order valence-corrected chi connectivity index (χ3v) is 4.31. The Morgan fingerprint density at radius 2 is 2.17 bits per heavy atom. The van der Waals surface area contributed by atoms with Crippen LogP contribution < -0.4 is 5.32 Å². The molecule has 0 bridgehead atoms. The highest BCUT2D eigenvalue weighted by molar-refractivity contribution is 9.10. The van der Waals surface area contributed by atoms with Crippen molar-refractivity contribution in [3.05, 3.63) is 34.3 Å². The Balaban J connectivity index is 2.14. The van der Waals surface area contributed by atoms with Gasteiger partial charge in [-0.25, -0.2) is 0 Å². The van der Waals surface area contributed by atoms with E-state index in [0.717, 1.165) is 12.3 Å². The van der Waals surface area contributed by atoms with Gasteiger partial charge >= 0.3 is 0 Å². The van der Waals surface area contributed by atoms with Gasteiger partial charge in [-0.15, -0.1) is 0 Å². The maximum atomic E-state index is 3.82. The minimum Gasteiger partial charge on any atom is -0.311 e. The van der Waals surface area contributed by atoms with E-state index in [1.807, 2.05) is 0 Å². The summed E-state index contributed by atoms with van der Waals surface area (Å²) >= 11 is 3.58. The van der Waals surface area contributed by atoms with Gasteiger partial charge in [0.15, 0.2) is 0 Å². The summed E-state index contributed by atoms with van der Waals surface area (Å²) in [7, 11) is 0. The lowest BCUT2D eigenvalue weighted by molar-refractivity contribution is 0.210. The lowest BCUT2D eigenvalue weighted by Crippen LogP contribution is -2.51. The van der Waals surface area contributed by atoms with Crippen LogP contribution in [0.15, 0.2) is 28.7 Å². The number of hydrogen-bond acceptors (Lipinski definition) is 1. The molecule has 1 unspecified atom stereocenters. The number of piperidine rings is 1. The Labute approximate surface area is 119 Å². The van der Waals surface area contributed by atoms with Crippen molar-refractivity contribution in [1.82, 2.24) is 5.32 Å². The normalized spacial score (nSPS) is 24.4. The van der Waals surface area contributed by atoms with Crippen molar-refractivity contribution >= 4 is 15.9 Å². The van der Waals surface area contributed by atoms with Gasteiger partial charge in [0.2, 0.25) is 0 Å². The molecule has 1 aromatic rings. The lowest BCUT2D eigenvalue weighted by Gasteiger charge is -2.40. The van der Waals surface area contributed by atoms with Gasteiger partial charge in [0.1, 0.15) is 0 Å². The fourth-order valence-corrected chi connectivity index (χ4v) is 3.69. The van der Waals surface area contributed by atoms with Crippen LogP contribution in [0, 0.1) is 5.92 Å². The molecule has 1 nitrogen and oxygen atoms in total. The summed E-state index contributed by atoms with van der Waals surface area (Å²) < 4.78 is 1.19. The number of benzene rings is 1. The molecule has 1 aliphatic rings. The fraction of sp³-hybridized carbons (Fsp3) is 0.625. The average molecular weight is 310 g/mol. The van der Waals surface area contributed by atoms with E-state index < -0.39 is 0 Å². The Kier molecular flexibility index (Phi) is 4.85. The summed E-state index contributed by atoms with van der Waals surface area (Å²) in [5, 5.41) is 3.82. The Morgan fingerprint density at radius 1 is 1.33 bits per heavy atom. The molecule has 1 atom stereocenters. The van der Waals surface area contributed by atoms with Crippen molar-refractivity contribution in [3.8, 4) is 0 Å². The van der Waals surface area contributed by atoms with Crippen molar-refractivity contribution in [2.45, 2.75) is 51.5 Å². The highest BCUT2D eigenvalue weighted by Gasteiger charge is 2.32. The molecule has 1 N–H and O–H groups in total. The first-order valence-electron chi connectivity index (χ1n) is 7.09. The van der Waals surface area contributed by atoms with Gasteiger partial charge in [-0.2, -0.15) is 0 Å². The zero-order chi connectivity index (χ0) is 13.0. The highest BCUT2D eigenvalue weighted by Crippen LogP contribution is 2.30. The fourth-order valence-electron chi connectivity index (χ4n) is 3.25. The SMILES string of the molecule is CC(C)CC1(Cc2cccc(Br)c2)CCCCN1. The number of halogens is 1. The molecule has 1 saturated heterocycles. The van der Waals surface area contributed by atoms with Crippen LogP contribution >= 0.6 is 15.9 Å². The summed E-state index contributed by atoms with van der Waals surface area (Å²) in [6, 6.07) is 8.76. The highest BCUT2D eigenvalue weighted by atomic mass is 79.9. The Hall–Kier alpha value is -0.340. The molecule has 18 heavy (non-hydrogen) atoms. The second-order valence-corrected chi connectivity index (χ2v) is 6.98. The number of rotatable bonds is 4. The van der Waals surface area contributed by atoms with Crippen LogP contribution in [0.1, 0.15) is 45.1 Å². The van der Waals surface area contributed by atoms with Gasteiger partial charge in [0.05, 0.1) is 0 Å². The topological polar surface area (TPSA) is 12.0 Å². The molecule has 2 heteroatoms. The summed E-state index contributed by atoms with van der Waals surface area (Å²) in [6.45, 7) is 5.85. The average Bonchev–Trinajstić information content (AvgIpc) is 2.28. The van der Waals surface area contributed by atoms with Crippen LogP contribution in [0.25, 0.3) is 0 Å². The number of hydrogen-bond donors (Lipinski definition) is 1. The minimum absolute atomic E-state index is 0.327. The summed E-state index contributed by atoms with van der Waals surface area (Å²) in [5.41, 5.74) is 1.77. The molecular formula is C16H24BrN. The van der Waals surface area contributed by atoms with E-state index in [1.54, 1.807) is 0 Å². The van der Waals surface area contributed by atoms with Crippen LogP contribution in [0.4, 0.5) is 0 Å². The molecular weight excluding hydrogens is 286 g/mol. The van der Waals surface area contributed by atoms with Crippen molar-refractivity contribution in [2.24, 2.45) is 5.92 Å². The maximum Gasteiger partial charge on any atom is 0.0224 e. The zero-order valence-corrected chi connectivity index (χ0v) is 13.1. The summed E-state index contributed by atoms with van der Waals surface area (Å²) in [6.07, 6.45) is 6.45. The van der Waals surface area contributed by atoms with Gasteiger partial charge in [-0.3, -0.25) is 0 Å². The second kappa shape index (κ2) is 6.21. The second-order valence-electron chi connectivity index (χ2n) is 6.07. The third kappa shape index (κ3) is 3.83. The van der Waals surface area contributed by atoms with Crippen LogP contribution in [0.5, 0.6) is 0 Å². The molecule has 1 aromatic carbocycles. The van der Waals surface area contributed by atoms with Crippen molar-refractivity contribution in [1.29, 1.82) is 0 Å². The van der Waals surface area contributed by atoms with E-state index in [1.165, 1.54) is 42.3 Å². The first-order chi connectivity index (χ1) is 8.60. The van der Waals surface area contributed by atoms with Crippen molar-refractivity contribution < 1.29 is 0 Å². The minimum atomic E-state index is 0.327. The van der Waals surface area contributed by atoms with Crippen molar-refractivity contribution in [3.63, 3.8) is 0 Å². The van der Waals surface area contributed by atoms with Gasteiger partial charge in [-0.05, 0) is 55.8 Å². The standard InChI is InChI=1S/C16H24BrN/c1-13(2)11-16(8-3-4-9-18-16)12-14-6-5-7-15(17)10-14/h5-7,10,13,18H,3-4,8-9,11-12H2,1-2H3. The monoisotopic (exact) mass is 309 g/mol.